The number of hydrogen-bond donors (Lipinski definition) is 1. The Balaban J connectivity index is 2.24. The number of rotatable bonds is 4. The molecule has 0 aliphatic heterocycles. The fourth-order valence-electron chi connectivity index (χ4n) is 2.04. The third-order valence-corrected chi connectivity index (χ3v) is 4.96. The molecule has 0 fully saturated rings. The topological polar surface area (TPSA) is 20.2 Å². The van der Waals surface area contributed by atoms with Gasteiger partial charge in [-0.25, -0.2) is 0 Å². The summed E-state index contributed by atoms with van der Waals surface area (Å²) in [5, 5.41) is 10.7. The zero-order chi connectivity index (χ0) is 13.2. The summed E-state index contributed by atoms with van der Waals surface area (Å²) in [6.07, 6.45) is 1.71. The lowest BCUT2D eigenvalue weighted by Gasteiger charge is -2.24. The maximum atomic E-state index is 10.7. The zero-order valence-corrected chi connectivity index (χ0v) is 13.0. The Bertz CT molecular complexity index is 531. The molecule has 0 bridgehead atoms. The fraction of sp³-hybridized carbons (Fsp3) is 0.333. The Morgan fingerprint density at radius 2 is 1.83 bits per heavy atom. The normalized spacial score (nSPS) is 14.4. The SMILES string of the molecule is CCc1ccc(CC(C)(O)c2ccccc2Br)s1. The number of aliphatic hydroxyl groups is 1. The van der Waals surface area contributed by atoms with Crippen molar-refractivity contribution in [2.75, 3.05) is 0 Å². The van der Waals surface area contributed by atoms with Crippen LogP contribution in [0.2, 0.25) is 0 Å². The Labute approximate surface area is 121 Å². The molecule has 0 saturated heterocycles. The molecule has 0 saturated carbocycles. The molecule has 96 valence electrons. The van der Waals surface area contributed by atoms with Crippen LogP contribution in [0.3, 0.4) is 0 Å². The molecule has 1 aromatic heterocycles. The molecule has 1 atom stereocenters. The lowest BCUT2D eigenvalue weighted by molar-refractivity contribution is 0.0577. The third-order valence-electron chi connectivity index (χ3n) is 3.04. The minimum Gasteiger partial charge on any atom is -0.385 e. The molecule has 2 rings (SSSR count). The van der Waals surface area contributed by atoms with Crippen LogP contribution < -0.4 is 0 Å². The Kier molecular flexibility index (Phi) is 4.25. The van der Waals surface area contributed by atoms with Gasteiger partial charge in [0, 0.05) is 20.6 Å². The van der Waals surface area contributed by atoms with Crippen LogP contribution in [0, 0.1) is 0 Å². The van der Waals surface area contributed by atoms with E-state index in [1.165, 1.54) is 9.75 Å². The first kappa shape index (κ1) is 13.8. The first-order valence-electron chi connectivity index (χ1n) is 6.08. The monoisotopic (exact) mass is 324 g/mol. The standard InChI is InChI=1S/C15H17BrOS/c1-3-11-8-9-12(18-11)10-15(2,17)13-6-4-5-7-14(13)16/h4-9,17H,3,10H2,1-2H3. The quantitative estimate of drug-likeness (QED) is 0.876. The van der Waals surface area contributed by atoms with Crippen LogP contribution in [0.25, 0.3) is 0 Å². The van der Waals surface area contributed by atoms with E-state index in [0.29, 0.717) is 6.42 Å². The molecule has 1 N–H and O–H groups in total. The van der Waals surface area contributed by atoms with Gasteiger partial charge in [-0.15, -0.1) is 11.3 Å². The van der Waals surface area contributed by atoms with Gasteiger partial charge in [-0.1, -0.05) is 41.1 Å². The van der Waals surface area contributed by atoms with E-state index in [0.717, 1.165) is 16.5 Å². The smallest absolute Gasteiger partial charge is 0.0927 e. The van der Waals surface area contributed by atoms with Gasteiger partial charge in [0.1, 0.15) is 0 Å². The molecule has 0 radical (unpaired) electrons. The average Bonchev–Trinajstić information content (AvgIpc) is 2.76. The summed E-state index contributed by atoms with van der Waals surface area (Å²) in [6.45, 7) is 4.03. The van der Waals surface area contributed by atoms with Crippen LogP contribution in [0.4, 0.5) is 0 Å². The minimum absolute atomic E-state index is 0.653. The molecule has 0 amide bonds. The van der Waals surface area contributed by atoms with E-state index in [2.05, 4.69) is 35.0 Å². The summed E-state index contributed by atoms with van der Waals surface area (Å²) in [5.74, 6) is 0. The van der Waals surface area contributed by atoms with Gasteiger partial charge in [-0.2, -0.15) is 0 Å². The van der Waals surface area contributed by atoms with Crippen LogP contribution in [0.5, 0.6) is 0 Å². The summed E-state index contributed by atoms with van der Waals surface area (Å²) in [4.78, 5) is 2.60. The van der Waals surface area contributed by atoms with E-state index in [1.54, 1.807) is 11.3 Å². The largest absolute Gasteiger partial charge is 0.385 e. The Morgan fingerprint density at radius 1 is 1.17 bits per heavy atom. The maximum absolute atomic E-state index is 10.7. The van der Waals surface area contributed by atoms with Crippen LogP contribution in [0.15, 0.2) is 40.9 Å². The van der Waals surface area contributed by atoms with Crippen molar-refractivity contribution in [1.29, 1.82) is 0 Å². The van der Waals surface area contributed by atoms with Gasteiger partial charge in [0.25, 0.3) is 0 Å². The first-order chi connectivity index (χ1) is 8.53. The molecule has 1 nitrogen and oxygen atoms in total. The maximum Gasteiger partial charge on any atom is 0.0927 e. The summed E-state index contributed by atoms with van der Waals surface area (Å²) in [6, 6.07) is 12.1. The highest BCUT2D eigenvalue weighted by molar-refractivity contribution is 9.10. The van der Waals surface area contributed by atoms with Gasteiger partial charge in [0.05, 0.1) is 5.60 Å². The van der Waals surface area contributed by atoms with E-state index in [4.69, 9.17) is 0 Å². The molecule has 2 aromatic rings. The van der Waals surface area contributed by atoms with Gasteiger partial charge in [0.2, 0.25) is 0 Å². The van der Waals surface area contributed by atoms with Gasteiger partial charge >= 0.3 is 0 Å². The second kappa shape index (κ2) is 5.55. The van der Waals surface area contributed by atoms with Crippen molar-refractivity contribution in [3.63, 3.8) is 0 Å². The zero-order valence-electron chi connectivity index (χ0n) is 10.6. The number of aryl methyl sites for hydroxylation is 1. The van der Waals surface area contributed by atoms with Crippen molar-refractivity contribution in [2.45, 2.75) is 32.3 Å². The highest BCUT2D eigenvalue weighted by Crippen LogP contribution is 2.33. The first-order valence-corrected chi connectivity index (χ1v) is 7.69. The van der Waals surface area contributed by atoms with Crippen molar-refractivity contribution in [2.24, 2.45) is 0 Å². The molecule has 0 aliphatic carbocycles. The predicted molar refractivity (Wildman–Crippen MR) is 81.1 cm³/mol. The van der Waals surface area contributed by atoms with Crippen molar-refractivity contribution < 1.29 is 5.11 Å². The van der Waals surface area contributed by atoms with Crippen LogP contribution in [-0.2, 0) is 18.4 Å². The summed E-state index contributed by atoms with van der Waals surface area (Å²) < 4.78 is 0.960. The third kappa shape index (κ3) is 3.02. The molecule has 18 heavy (non-hydrogen) atoms. The van der Waals surface area contributed by atoms with E-state index in [9.17, 15) is 5.11 Å². The van der Waals surface area contributed by atoms with E-state index in [1.807, 2.05) is 31.2 Å². The van der Waals surface area contributed by atoms with Crippen LogP contribution in [0.1, 0.15) is 29.2 Å². The fourth-order valence-corrected chi connectivity index (χ4v) is 3.86. The highest BCUT2D eigenvalue weighted by Gasteiger charge is 2.26. The summed E-state index contributed by atoms with van der Waals surface area (Å²) in [5.41, 5.74) is 0.104. The van der Waals surface area contributed by atoms with E-state index >= 15 is 0 Å². The molecular formula is C15H17BrOS. The van der Waals surface area contributed by atoms with Crippen LogP contribution in [-0.4, -0.2) is 5.11 Å². The number of thiophene rings is 1. The van der Waals surface area contributed by atoms with E-state index in [-0.39, 0.29) is 0 Å². The lowest BCUT2D eigenvalue weighted by Crippen LogP contribution is -2.24. The Morgan fingerprint density at radius 3 is 2.44 bits per heavy atom. The van der Waals surface area contributed by atoms with Crippen molar-refractivity contribution in [3.05, 3.63) is 56.2 Å². The van der Waals surface area contributed by atoms with Crippen molar-refractivity contribution in [1.82, 2.24) is 0 Å². The van der Waals surface area contributed by atoms with Crippen LogP contribution >= 0.6 is 27.3 Å². The summed E-state index contributed by atoms with van der Waals surface area (Å²) >= 11 is 5.29. The van der Waals surface area contributed by atoms with E-state index < -0.39 is 5.60 Å². The average molecular weight is 325 g/mol. The molecule has 1 unspecified atom stereocenters. The van der Waals surface area contributed by atoms with Crippen molar-refractivity contribution >= 4 is 27.3 Å². The second-order valence-corrected chi connectivity index (χ2v) is 6.76. The van der Waals surface area contributed by atoms with Crippen molar-refractivity contribution in [3.8, 4) is 0 Å². The van der Waals surface area contributed by atoms with Gasteiger partial charge < -0.3 is 5.11 Å². The molecule has 0 aliphatic rings. The summed E-state index contributed by atoms with van der Waals surface area (Å²) in [7, 11) is 0. The minimum atomic E-state index is -0.837. The second-order valence-electron chi connectivity index (χ2n) is 4.65. The predicted octanol–water partition coefficient (Wildman–Crippen LogP) is 4.52. The van der Waals surface area contributed by atoms with Gasteiger partial charge in [-0.3, -0.25) is 0 Å². The molecule has 1 aromatic carbocycles. The van der Waals surface area contributed by atoms with Gasteiger partial charge in [-0.05, 0) is 37.1 Å². The number of halogens is 1. The molecular weight excluding hydrogens is 308 g/mol. The highest BCUT2D eigenvalue weighted by atomic mass is 79.9. The number of hydrogen-bond acceptors (Lipinski definition) is 2. The molecule has 0 spiro atoms. The Hall–Kier alpha value is -0.640. The number of benzene rings is 1. The molecule has 1 heterocycles. The lowest BCUT2D eigenvalue weighted by atomic mass is 9.92. The molecule has 3 heteroatoms. The van der Waals surface area contributed by atoms with Gasteiger partial charge in [0.15, 0.2) is 0 Å².